The van der Waals surface area contributed by atoms with E-state index in [0.29, 0.717) is 0 Å². The second-order valence-electron chi connectivity index (χ2n) is 4.84. The van der Waals surface area contributed by atoms with Gasteiger partial charge in [-0.15, -0.1) is 0 Å². The summed E-state index contributed by atoms with van der Waals surface area (Å²) in [5, 5.41) is 5.73. The molecule has 5 nitrogen and oxygen atoms in total. The maximum atomic E-state index is 11.7. The van der Waals surface area contributed by atoms with Gasteiger partial charge in [0, 0.05) is 19.1 Å². The summed E-state index contributed by atoms with van der Waals surface area (Å²) in [4.78, 5) is 11.5. The Hall–Kier alpha value is -0.620. The summed E-state index contributed by atoms with van der Waals surface area (Å²) in [6.45, 7) is 5.41. The van der Waals surface area contributed by atoms with E-state index in [4.69, 9.17) is 0 Å². The van der Waals surface area contributed by atoms with E-state index in [-0.39, 0.29) is 29.4 Å². The molecule has 100 valence electrons. The summed E-state index contributed by atoms with van der Waals surface area (Å²) >= 11 is 0. The monoisotopic (exact) mass is 262 g/mol. The van der Waals surface area contributed by atoms with Crippen LogP contribution in [0.3, 0.4) is 0 Å². The maximum absolute atomic E-state index is 11.7. The van der Waals surface area contributed by atoms with E-state index in [1.807, 2.05) is 13.8 Å². The summed E-state index contributed by atoms with van der Waals surface area (Å²) in [7, 11) is -3.25. The summed E-state index contributed by atoms with van der Waals surface area (Å²) in [5.41, 5.74) is 0. The summed E-state index contributed by atoms with van der Waals surface area (Å²) < 4.78 is 23.4. The summed E-state index contributed by atoms with van der Waals surface area (Å²) in [6, 6.07) is 0.0491. The molecule has 0 aromatic carbocycles. The molecule has 0 bridgehead atoms. The molecular weight excluding hydrogens is 240 g/mol. The fourth-order valence-corrected chi connectivity index (χ4v) is 3.46. The van der Waals surface area contributed by atoms with Crippen molar-refractivity contribution in [1.82, 2.24) is 10.6 Å². The minimum absolute atomic E-state index is 0.0491. The highest BCUT2D eigenvalue weighted by molar-refractivity contribution is 7.92. The molecule has 0 spiro atoms. The second-order valence-corrected chi connectivity index (χ2v) is 6.95. The fourth-order valence-electron chi connectivity index (χ4n) is 1.91. The van der Waals surface area contributed by atoms with Crippen molar-refractivity contribution < 1.29 is 13.2 Å². The van der Waals surface area contributed by atoms with Crippen molar-refractivity contribution in [2.75, 3.05) is 24.6 Å². The van der Waals surface area contributed by atoms with Gasteiger partial charge in [-0.05, 0) is 19.3 Å². The molecule has 1 aliphatic heterocycles. The third-order valence-corrected chi connectivity index (χ3v) is 4.52. The minimum atomic E-state index is -3.25. The van der Waals surface area contributed by atoms with Crippen LogP contribution in [-0.2, 0) is 14.6 Å². The highest BCUT2D eigenvalue weighted by Gasteiger charge is 2.26. The van der Waals surface area contributed by atoms with Gasteiger partial charge >= 0.3 is 0 Å². The molecule has 17 heavy (non-hydrogen) atoms. The number of hydrogen-bond donors (Lipinski definition) is 2. The van der Waals surface area contributed by atoms with Gasteiger partial charge in [-0.1, -0.05) is 13.3 Å². The molecule has 1 amide bonds. The molecular formula is C11H22N2O3S. The van der Waals surface area contributed by atoms with Crippen molar-refractivity contribution >= 4 is 15.7 Å². The van der Waals surface area contributed by atoms with Crippen LogP contribution in [0.4, 0.5) is 0 Å². The largest absolute Gasteiger partial charge is 0.353 e. The SMILES string of the molecule is CCCC(C)NC(=O)CS(=O)(=O)CC1CNC1. The predicted molar refractivity (Wildman–Crippen MR) is 67.5 cm³/mol. The highest BCUT2D eigenvalue weighted by atomic mass is 32.2. The van der Waals surface area contributed by atoms with E-state index in [1.54, 1.807) is 0 Å². The Labute approximate surface area is 103 Å². The zero-order valence-electron chi connectivity index (χ0n) is 10.5. The van der Waals surface area contributed by atoms with Crippen LogP contribution in [-0.4, -0.2) is 45.0 Å². The Bertz CT molecular complexity index is 350. The lowest BCUT2D eigenvalue weighted by molar-refractivity contribution is -0.119. The van der Waals surface area contributed by atoms with Gasteiger partial charge in [-0.2, -0.15) is 0 Å². The summed E-state index contributed by atoms with van der Waals surface area (Å²) in [6.07, 6.45) is 1.85. The molecule has 0 aromatic heterocycles. The third-order valence-electron chi connectivity index (χ3n) is 2.84. The standard InChI is InChI=1S/C11H22N2O3S/c1-3-4-9(2)13-11(14)8-17(15,16)7-10-5-12-6-10/h9-10,12H,3-8H2,1-2H3,(H,13,14). The van der Waals surface area contributed by atoms with Gasteiger partial charge in [0.1, 0.15) is 5.75 Å². The van der Waals surface area contributed by atoms with Crippen molar-refractivity contribution in [3.8, 4) is 0 Å². The molecule has 1 heterocycles. The minimum Gasteiger partial charge on any atom is -0.353 e. The number of hydrogen-bond acceptors (Lipinski definition) is 4. The molecule has 1 aliphatic rings. The average molecular weight is 262 g/mol. The Kier molecular flexibility index (Phi) is 5.39. The number of rotatable bonds is 7. The maximum Gasteiger partial charge on any atom is 0.235 e. The van der Waals surface area contributed by atoms with E-state index in [9.17, 15) is 13.2 Å². The van der Waals surface area contributed by atoms with Gasteiger partial charge in [0.2, 0.25) is 5.91 Å². The molecule has 0 aliphatic carbocycles. The lowest BCUT2D eigenvalue weighted by Gasteiger charge is -2.26. The molecule has 0 saturated carbocycles. The lowest BCUT2D eigenvalue weighted by atomic mass is 10.1. The van der Waals surface area contributed by atoms with Crippen molar-refractivity contribution in [3.05, 3.63) is 0 Å². The Morgan fingerprint density at radius 3 is 2.59 bits per heavy atom. The van der Waals surface area contributed by atoms with Crippen LogP contribution >= 0.6 is 0 Å². The van der Waals surface area contributed by atoms with Gasteiger partial charge in [0.05, 0.1) is 5.75 Å². The molecule has 2 N–H and O–H groups in total. The quantitative estimate of drug-likeness (QED) is 0.673. The summed E-state index contributed by atoms with van der Waals surface area (Å²) in [5.74, 6) is -0.452. The van der Waals surface area contributed by atoms with E-state index >= 15 is 0 Å². The number of carbonyl (C=O) groups is 1. The highest BCUT2D eigenvalue weighted by Crippen LogP contribution is 2.07. The van der Waals surface area contributed by atoms with Gasteiger partial charge in [0.25, 0.3) is 0 Å². The average Bonchev–Trinajstić information content (AvgIpc) is 2.10. The molecule has 1 unspecified atom stereocenters. The van der Waals surface area contributed by atoms with Gasteiger partial charge in [0.15, 0.2) is 9.84 Å². The van der Waals surface area contributed by atoms with E-state index in [2.05, 4.69) is 10.6 Å². The van der Waals surface area contributed by atoms with Crippen molar-refractivity contribution in [3.63, 3.8) is 0 Å². The number of nitrogens with one attached hydrogen (secondary N) is 2. The topological polar surface area (TPSA) is 75.3 Å². The normalized spacial score (nSPS) is 18.5. The molecule has 1 rings (SSSR count). The zero-order valence-corrected chi connectivity index (χ0v) is 11.3. The smallest absolute Gasteiger partial charge is 0.235 e. The first-order valence-electron chi connectivity index (χ1n) is 6.13. The fraction of sp³-hybridized carbons (Fsp3) is 0.909. The molecule has 1 atom stereocenters. The van der Waals surface area contributed by atoms with Gasteiger partial charge in [-0.25, -0.2) is 8.42 Å². The van der Waals surface area contributed by atoms with Crippen molar-refractivity contribution in [2.24, 2.45) is 5.92 Å². The van der Waals surface area contributed by atoms with E-state index < -0.39 is 9.84 Å². The van der Waals surface area contributed by atoms with Crippen LogP contribution in [0.1, 0.15) is 26.7 Å². The van der Waals surface area contributed by atoms with Gasteiger partial charge in [-0.3, -0.25) is 4.79 Å². The van der Waals surface area contributed by atoms with Crippen LogP contribution in [0.15, 0.2) is 0 Å². The van der Waals surface area contributed by atoms with Crippen LogP contribution in [0, 0.1) is 5.92 Å². The van der Waals surface area contributed by atoms with Gasteiger partial charge < -0.3 is 10.6 Å². The Morgan fingerprint density at radius 1 is 1.47 bits per heavy atom. The first kappa shape index (κ1) is 14.4. The Morgan fingerprint density at radius 2 is 2.12 bits per heavy atom. The van der Waals surface area contributed by atoms with Crippen LogP contribution < -0.4 is 10.6 Å². The molecule has 0 aromatic rings. The lowest BCUT2D eigenvalue weighted by Crippen LogP contribution is -2.47. The van der Waals surface area contributed by atoms with Crippen molar-refractivity contribution in [1.29, 1.82) is 0 Å². The molecule has 6 heteroatoms. The van der Waals surface area contributed by atoms with E-state index in [0.717, 1.165) is 25.9 Å². The van der Waals surface area contributed by atoms with Crippen LogP contribution in [0.2, 0.25) is 0 Å². The first-order valence-corrected chi connectivity index (χ1v) is 7.95. The predicted octanol–water partition coefficient (Wildman–Crippen LogP) is -0.0746. The zero-order chi connectivity index (χ0) is 12.9. The molecule has 1 saturated heterocycles. The number of carbonyl (C=O) groups excluding carboxylic acids is 1. The van der Waals surface area contributed by atoms with Crippen LogP contribution in [0.25, 0.3) is 0 Å². The first-order chi connectivity index (χ1) is 7.93. The third kappa shape index (κ3) is 5.50. The number of sulfone groups is 1. The van der Waals surface area contributed by atoms with Crippen LogP contribution in [0.5, 0.6) is 0 Å². The van der Waals surface area contributed by atoms with Crippen molar-refractivity contribution in [2.45, 2.75) is 32.7 Å². The van der Waals surface area contributed by atoms with E-state index in [1.165, 1.54) is 0 Å². The Balaban J connectivity index is 2.33. The number of amides is 1. The second kappa shape index (κ2) is 6.35. The molecule has 1 fully saturated rings. The molecule has 0 radical (unpaired) electrons.